The Morgan fingerprint density at radius 3 is 2.64 bits per heavy atom. The molecule has 60 valence electrons. The zero-order valence-corrected chi connectivity index (χ0v) is 6.84. The van der Waals surface area contributed by atoms with Crippen molar-refractivity contribution in [1.29, 1.82) is 0 Å². The Balaban J connectivity index is 2.71. The number of thiophene rings is 1. The summed E-state index contributed by atoms with van der Waals surface area (Å²) in [5, 5.41) is 21.3. The highest BCUT2D eigenvalue weighted by Gasteiger charge is 1.93. The van der Waals surface area contributed by atoms with E-state index in [-0.39, 0.29) is 13.2 Å². The third kappa shape index (κ3) is 2.46. The molecule has 1 rings (SSSR count). The summed E-state index contributed by atoms with van der Waals surface area (Å²) < 4.78 is 0. The molecule has 0 aliphatic heterocycles. The standard InChI is InChI=1S/C8H10O2S/c9-4-8(5-10)3-7-1-2-11-6-7/h1-3,6,9-10H,4-5H2. The van der Waals surface area contributed by atoms with E-state index in [1.807, 2.05) is 16.8 Å². The van der Waals surface area contributed by atoms with Crippen LogP contribution in [0.25, 0.3) is 6.08 Å². The van der Waals surface area contributed by atoms with Crippen LogP contribution in [0.4, 0.5) is 0 Å². The third-order valence-corrected chi connectivity index (χ3v) is 2.02. The summed E-state index contributed by atoms with van der Waals surface area (Å²) in [7, 11) is 0. The zero-order chi connectivity index (χ0) is 8.10. The van der Waals surface area contributed by atoms with Gasteiger partial charge in [0.2, 0.25) is 0 Å². The maximum Gasteiger partial charge on any atom is 0.0667 e. The van der Waals surface area contributed by atoms with Crippen LogP contribution in [0.1, 0.15) is 5.56 Å². The van der Waals surface area contributed by atoms with Crippen LogP contribution in [-0.2, 0) is 0 Å². The van der Waals surface area contributed by atoms with Crippen LogP contribution in [0, 0.1) is 0 Å². The van der Waals surface area contributed by atoms with Gasteiger partial charge in [-0.15, -0.1) is 0 Å². The highest BCUT2D eigenvalue weighted by Crippen LogP contribution is 2.10. The van der Waals surface area contributed by atoms with Gasteiger partial charge < -0.3 is 10.2 Å². The summed E-state index contributed by atoms with van der Waals surface area (Å²) in [5.41, 5.74) is 1.68. The average Bonchev–Trinajstić information content (AvgIpc) is 2.52. The van der Waals surface area contributed by atoms with Crippen LogP contribution in [0.15, 0.2) is 22.4 Å². The summed E-state index contributed by atoms with van der Waals surface area (Å²) in [5.74, 6) is 0. The summed E-state index contributed by atoms with van der Waals surface area (Å²) in [6.45, 7) is -0.154. The molecule has 0 saturated carbocycles. The molecule has 2 N–H and O–H groups in total. The molecule has 1 heterocycles. The van der Waals surface area contributed by atoms with Crippen molar-refractivity contribution in [2.75, 3.05) is 13.2 Å². The van der Waals surface area contributed by atoms with Crippen LogP contribution in [0.3, 0.4) is 0 Å². The van der Waals surface area contributed by atoms with Crippen molar-refractivity contribution in [2.24, 2.45) is 0 Å². The molecule has 1 aromatic rings. The molecule has 0 unspecified atom stereocenters. The molecule has 0 aliphatic rings. The van der Waals surface area contributed by atoms with Crippen molar-refractivity contribution in [3.63, 3.8) is 0 Å². The monoisotopic (exact) mass is 170 g/mol. The highest BCUT2D eigenvalue weighted by molar-refractivity contribution is 7.08. The van der Waals surface area contributed by atoms with E-state index < -0.39 is 0 Å². The zero-order valence-electron chi connectivity index (χ0n) is 6.03. The van der Waals surface area contributed by atoms with Gasteiger partial charge in [-0.25, -0.2) is 0 Å². The Kier molecular flexibility index (Phi) is 3.29. The lowest BCUT2D eigenvalue weighted by molar-refractivity contribution is 0.278. The maximum absolute atomic E-state index is 8.70. The van der Waals surface area contributed by atoms with Crippen molar-refractivity contribution in [2.45, 2.75) is 0 Å². The van der Waals surface area contributed by atoms with Crippen molar-refractivity contribution < 1.29 is 10.2 Å². The van der Waals surface area contributed by atoms with E-state index in [1.54, 1.807) is 17.4 Å². The molecule has 1 aromatic heterocycles. The Morgan fingerprint density at radius 1 is 1.45 bits per heavy atom. The van der Waals surface area contributed by atoms with E-state index in [9.17, 15) is 0 Å². The second kappa shape index (κ2) is 4.28. The molecular formula is C8H10O2S. The third-order valence-electron chi connectivity index (χ3n) is 1.32. The van der Waals surface area contributed by atoms with Gasteiger partial charge in [-0.2, -0.15) is 11.3 Å². The van der Waals surface area contributed by atoms with Crippen molar-refractivity contribution in [3.8, 4) is 0 Å². The minimum atomic E-state index is -0.0770. The summed E-state index contributed by atoms with van der Waals surface area (Å²) in [6, 6.07) is 1.94. The highest BCUT2D eigenvalue weighted by atomic mass is 32.1. The van der Waals surface area contributed by atoms with E-state index in [0.717, 1.165) is 5.56 Å². The SMILES string of the molecule is OCC(=Cc1ccsc1)CO. The van der Waals surface area contributed by atoms with Crippen LogP contribution >= 0.6 is 11.3 Å². The molecule has 0 atom stereocenters. The Morgan fingerprint density at radius 2 is 2.18 bits per heavy atom. The molecule has 0 aromatic carbocycles. The van der Waals surface area contributed by atoms with Gasteiger partial charge in [-0.1, -0.05) is 6.08 Å². The molecule has 11 heavy (non-hydrogen) atoms. The lowest BCUT2D eigenvalue weighted by Crippen LogP contribution is -1.94. The molecule has 0 spiro atoms. The molecular weight excluding hydrogens is 160 g/mol. The fourth-order valence-electron chi connectivity index (χ4n) is 0.734. The molecule has 2 nitrogen and oxygen atoms in total. The van der Waals surface area contributed by atoms with E-state index >= 15 is 0 Å². The van der Waals surface area contributed by atoms with Crippen LogP contribution in [-0.4, -0.2) is 23.4 Å². The number of aliphatic hydroxyl groups excluding tert-OH is 2. The van der Waals surface area contributed by atoms with Gasteiger partial charge in [0, 0.05) is 0 Å². The van der Waals surface area contributed by atoms with Gasteiger partial charge in [0.15, 0.2) is 0 Å². The summed E-state index contributed by atoms with van der Waals surface area (Å²) in [4.78, 5) is 0. The summed E-state index contributed by atoms with van der Waals surface area (Å²) in [6.07, 6.45) is 1.79. The normalized spacial score (nSPS) is 9.64. The Labute approximate surface area is 69.4 Å². The maximum atomic E-state index is 8.70. The van der Waals surface area contributed by atoms with Gasteiger partial charge in [-0.05, 0) is 28.0 Å². The summed E-state index contributed by atoms with van der Waals surface area (Å²) >= 11 is 1.59. The van der Waals surface area contributed by atoms with Gasteiger partial charge in [0.1, 0.15) is 0 Å². The van der Waals surface area contributed by atoms with Crippen LogP contribution in [0.2, 0.25) is 0 Å². The fraction of sp³-hybridized carbons (Fsp3) is 0.250. The first-order valence-electron chi connectivity index (χ1n) is 3.30. The molecule has 0 aliphatic carbocycles. The predicted octanol–water partition coefficient (Wildman–Crippen LogP) is 1.12. The molecule has 0 fully saturated rings. The van der Waals surface area contributed by atoms with E-state index in [4.69, 9.17) is 10.2 Å². The first kappa shape index (κ1) is 8.46. The second-order valence-corrected chi connectivity index (χ2v) is 2.96. The fourth-order valence-corrected chi connectivity index (χ4v) is 1.35. The lowest BCUT2D eigenvalue weighted by atomic mass is 10.2. The minimum Gasteiger partial charge on any atom is -0.392 e. The van der Waals surface area contributed by atoms with Crippen molar-refractivity contribution in [1.82, 2.24) is 0 Å². The average molecular weight is 170 g/mol. The molecule has 0 amide bonds. The molecule has 3 heteroatoms. The second-order valence-electron chi connectivity index (χ2n) is 2.18. The smallest absolute Gasteiger partial charge is 0.0667 e. The topological polar surface area (TPSA) is 40.5 Å². The first-order valence-corrected chi connectivity index (χ1v) is 4.24. The lowest BCUT2D eigenvalue weighted by Gasteiger charge is -1.95. The van der Waals surface area contributed by atoms with Crippen LogP contribution in [0.5, 0.6) is 0 Å². The number of hydrogen-bond donors (Lipinski definition) is 2. The molecule has 0 radical (unpaired) electrons. The number of rotatable bonds is 3. The largest absolute Gasteiger partial charge is 0.392 e. The van der Waals surface area contributed by atoms with Gasteiger partial charge in [0.25, 0.3) is 0 Å². The minimum absolute atomic E-state index is 0.0770. The van der Waals surface area contributed by atoms with E-state index in [2.05, 4.69) is 0 Å². The molecule has 0 bridgehead atoms. The number of hydrogen-bond acceptors (Lipinski definition) is 3. The van der Waals surface area contributed by atoms with Crippen molar-refractivity contribution in [3.05, 3.63) is 28.0 Å². The van der Waals surface area contributed by atoms with Crippen molar-refractivity contribution >= 4 is 17.4 Å². The van der Waals surface area contributed by atoms with Gasteiger partial charge >= 0.3 is 0 Å². The molecule has 0 saturated heterocycles. The Bertz CT molecular complexity index is 220. The first-order chi connectivity index (χ1) is 5.36. The van der Waals surface area contributed by atoms with E-state index in [0.29, 0.717) is 5.57 Å². The van der Waals surface area contributed by atoms with E-state index in [1.165, 1.54) is 0 Å². The number of aliphatic hydroxyl groups is 2. The van der Waals surface area contributed by atoms with Gasteiger partial charge in [0.05, 0.1) is 13.2 Å². The quantitative estimate of drug-likeness (QED) is 0.713. The van der Waals surface area contributed by atoms with Crippen LogP contribution < -0.4 is 0 Å². The van der Waals surface area contributed by atoms with Gasteiger partial charge in [-0.3, -0.25) is 0 Å². The predicted molar refractivity (Wildman–Crippen MR) is 46.5 cm³/mol. The Hall–Kier alpha value is -0.640.